The van der Waals surface area contributed by atoms with Crippen LogP contribution in [0.1, 0.15) is 53.0 Å². The summed E-state index contributed by atoms with van der Waals surface area (Å²) in [5.74, 6) is 1.11. The van der Waals surface area contributed by atoms with Crippen molar-refractivity contribution in [1.29, 1.82) is 0 Å². The molecular formula is C21H28N4O4S. The van der Waals surface area contributed by atoms with E-state index < -0.39 is 15.4 Å². The smallest absolute Gasteiger partial charge is 0.253 e. The molecule has 0 spiro atoms. The van der Waals surface area contributed by atoms with Crippen molar-refractivity contribution < 1.29 is 17.7 Å². The predicted molar refractivity (Wildman–Crippen MR) is 112 cm³/mol. The zero-order chi connectivity index (χ0) is 21.7. The van der Waals surface area contributed by atoms with Crippen LogP contribution in [0.3, 0.4) is 0 Å². The first-order valence-corrected chi connectivity index (χ1v) is 12.0. The van der Waals surface area contributed by atoms with Crippen molar-refractivity contribution in [3.63, 3.8) is 0 Å². The quantitative estimate of drug-likeness (QED) is 0.776. The van der Waals surface area contributed by atoms with Gasteiger partial charge in [-0.3, -0.25) is 4.79 Å². The van der Waals surface area contributed by atoms with Crippen LogP contribution in [0, 0.1) is 26.7 Å². The van der Waals surface area contributed by atoms with E-state index in [-0.39, 0.29) is 23.6 Å². The number of benzene rings is 1. The molecule has 1 aliphatic carbocycles. The highest BCUT2D eigenvalue weighted by molar-refractivity contribution is 7.89. The first-order valence-electron chi connectivity index (χ1n) is 10.3. The average molecular weight is 433 g/mol. The van der Waals surface area contributed by atoms with E-state index in [1.807, 2.05) is 36.9 Å². The molecule has 0 bridgehead atoms. The summed E-state index contributed by atoms with van der Waals surface area (Å²) in [6.45, 7) is 8.33. The monoisotopic (exact) mass is 432 g/mol. The summed E-state index contributed by atoms with van der Waals surface area (Å²) in [5, 5.41) is 3.96. The second kappa shape index (κ2) is 7.46. The summed E-state index contributed by atoms with van der Waals surface area (Å²) in [7, 11) is -3.32. The number of aromatic nitrogens is 2. The van der Waals surface area contributed by atoms with Crippen molar-refractivity contribution in [2.75, 3.05) is 18.8 Å². The van der Waals surface area contributed by atoms with Crippen LogP contribution in [-0.4, -0.2) is 54.2 Å². The standard InChI is InChI=1S/C21H28N4O4S/c1-5-30(27,28)24-18-9-17-11-25(19(26)16-7-13(2)6-14(3)8-16)12-21(17,10-18)20-22-15(4)23-29-20/h6-8,17-18,24H,5,9-12H2,1-4H3/t17-,18+,21-/m0/s1. The fourth-order valence-corrected chi connectivity index (χ4v) is 5.92. The molecule has 1 N–H and O–H groups in total. The number of hydrogen-bond donors (Lipinski definition) is 1. The van der Waals surface area contributed by atoms with Gasteiger partial charge in [0.25, 0.3) is 5.91 Å². The fourth-order valence-electron chi connectivity index (χ4n) is 5.06. The first kappa shape index (κ1) is 21.0. The van der Waals surface area contributed by atoms with Crippen LogP contribution in [0.25, 0.3) is 0 Å². The summed E-state index contributed by atoms with van der Waals surface area (Å²) in [6.07, 6.45) is 1.17. The zero-order valence-corrected chi connectivity index (χ0v) is 18.6. The third kappa shape index (κ3) is 3.76. The largest absolute Gasteiger partial charge is 0.339 e. The molecule has 2 aromatic rings. The second-order valence-corrected chi connectivity index (χ2v) is 10.8. The minimum absolute atomic E-state index is 0.0162. The molecule has 2 aliphatic rings. The number of carbonyl (C=O) groups is 1. The Morgan fingerprint density at radius 3 is 2.57 bits per heavy atom. The molecule has 4 rings (SSSR count). The van der Waals surface area contributed by atoms with Gasteiger partial charge in [0, 0.05) is 24.7 Å². The van der Waals surface area contributed by atoms with Gasteiger partial charge in [0.05, 0.1) is 11.2 Å². The highest BCUT2D eigenvalue weighted by Gasteiger charge is 2.58. The lowest BCUT2D eigenvalue weighted by Crippen LogP contribution is -2.40. The lowest BCUT2D eigenvalue weighted by atomic mass is 9.80. The molecule has 1 aliphatic heterocycles. The number of carbonyl (C=O) groups excluding carboxylic acids is 1. The third-order valence-electron chi connectivity index (χ3n) is 6.31. The van der Waals surface area contributed by atoms with Crippen LogP contribution >= 0.6 is 0 Å². The van der Waals surface area contributed by atoms with E-state index in [9.17, 15) is 13.2 Å². The van der Waals surface area contributed by atoms with Gasteiger partial charge < -0.3 is 9.42 Å². The summed E-state index contributed by atoms with van der Waals surface area (Å²) < 4.78 is 32.6. The lowest BCUT2D eigenvalue weighted by molar-refractivity contribution is 0.0773. The number of hydrogen-bond acceptors (Lipinski definition) is 6. The number of likely N-dealkylation sites (tertiary alicyclic amines) is 1. The summed E-state index contributed by atoms with van der Waals surface area (Å²) in [6, 6.07) is 5.66. The predicted octanol–water partition coefficient (Wildman–Crippen LogP) is 2.11. The van der Waals surface area contributed by atoms with Crippen molar-refractivity contribution in [3.05, 3.63) is 46.6 Å². The van der Waals surface area contributed by atoms with Crippen LogP contribution in [0.15, 0.2) is 22.7 Å². The van der Waals surface area contributed by atoms with Crippen molar-refractivity contribution in [2.45, 2.75) is 52.0 Å². The van der Waals surface area contributed by atoms with Gasteiger partial charge in [0.15, 0.2) is 5.82 Å². The van der Waals surface area contributed by atoms with Gasteiger partial charge in [-0.15, -0.1) is 0 Å². The van der Waals surface area contributed by atoms with Crippen LogP contribution in [0.5, 0.6) is 0 Å². The van der Waals surface area contributed by atoms with E-state index in [1.165, 1.54) is 0 Å². The van der Waals surface area contributed by atoms with Crippen LogP contribution < -0.4 is 4.72 Å². The maximum Gasteiger partial charge on any atom is 0.253 e. The number of nitrogens with zero attached hydrogens (tertiary/aromatic N) is 3. The Hall–Kier alpha value is -2.26. The van der Waals surface area contributed by atoms with E-state index in [4.69, 9.17) is 4.52 Å². The van der Waals surface area contributed by atoms with E-state index in [0.717, 1.165) is 11.1 Å². The minimum atomic E-state index is -3.32. The third-order valence-corrected chi connectivity index (χ3v) is 7.76. The van der Waals surface area contributed by atoms with Gasteiger partial charge in [0.1, 0.15) is 0 Å². The summed E-state index contributed by atoms with van der Waals surface area (Å²) >= 11 is 0. The highest BCUT2D eigenvalue weighted by Crippen LogP contribution is 2.50. The zero-order valence-electron chi connectivity index (χ0n) is 17.8. The Morgan fingerprint density at radius 1 is 1.27 bits per heavy atom. The van der Waals surface area contributed by atoms with Crippen molar-refractivity contribution in [3.8, 4) is 0 Å². The molecule has 2 fully saturated rings. The van der Waals surface area contributed by atoms with Gasteiger partial charge in [-0.05, 0) is 58.6 Å². The van der Waals surface area contributed by atoms with E-state index in [0.29, 0.717) is 43.2 Å². The Kier molecular flexibility index (Phi) is 5.22. The molecule has 0 unspecified atom stereocenters. The van der Waals surface area contributed by atoms with Gasteiger partial charge in [0.2, 0.25) is 15.9 Å². The number of amides is 1. The number of nitrogens with one attached hydrogen (secondary N) is 1. The Bertz CT molecular complexity index is 1060. The number of sulfonamides is 1. The Morgan fingerprint density at radius 2 is 1.97 bits per heavy atom. The van der Waals surface area contributed by atoms with Gasteiger partial charge in [-0.25, -0.2) is 13.1 Å². The molecule has 162 valence electrons. The molecule has 9 heteroatoms. The van der Waals surface area contributed by atoms with Crippen molar-refractivity contribution >= 4 is 15.9 Å². The Labute approximate surface area is 177 Å². The molecule has 1 saturated heterocycles. The number of fused-ring (bicyclic) bond motifs is 1. The van der Waals surface area contributed by atoms with Gasteiger partial charge in [-0.2, -0.15) is 4.98 Å². The molecule has 0 radical (unpaired) electrons. The normalized spacial score (nSPS) is 26.2. The van der Waals surface area contributed by atoms with E-state index in [2.05, 4.69) is 14.9 Å². The summed E-state index contributed by atoms with van der Waals surface area (Å²) in [5.41, 5.74) is 2.24. The number of rotatable bonds is 5. The van der Waals surface area contributed by atoms with E-state index in [1.54, 1.807) is 13.8 Å². The van der Waals surface area contributed by atoms with Crippen LogP contribution in [-0.2, 0) is 15.4 Å². The SMILES string of the molecule is CCS(=O)(=O)N[C@@H]1C[C@H]2CN(C(=O)c3cc(C)cc(C)c3)C[C@@]2(c2nc(C)no2)C1. The molecule has 30 heavy (non-hydrogen) atoms. The molecule has 8 nitrogen and oxygen atoms in total. The maximum absolute atomic E-state index is 13.3. The molecule has 3 atom stereocenters. The summed E-state index contributed by atoms with van der Waals surface area (Å²) in [4.78, 5) is 19.6. The molecule has 1 aromatic heterocycles. The fraction of sp³-hybridized carbons (Fsp3) is 0.571. The topological polar surface area (TPSA) is 105 Å². The van der Waals surface area contributed by atoms with E-state index >= 15 is 0 Å². The van der Waals surface area contributed by atoms with Gasteiger partial charge in [-0.1, -0.05) is 22.3 Å². The molecule has 1 aromatic carbocycles. The van der Waals surface area contributed by atoms with Gasteiger partial charge >= 0.3 is 0 Å². The van der Waals surface area contributed by atoms with Crippen molar-refractivity contribution in [2.24, 2.45) is 5.92 Å². The molecular weight excluding hydrogens is 404 g/mol. The highest BCUT2D eigenvalue weighted by atomic mass is 32.2. The number of aryl methyl sites for hydroxylation is 3. The van der Waals surface area contributed by atoms with Crippen molar-refractivity contribution in [1.82, 2.24) is 19.8 Å². The molecule has 2 heterocycles. The molecule has 1 amide bonds. The minimum Gasteiger partial charge on any atom is -0.339 e. The van der Waals surface area contributed by atoms with Crippen LogP contribution in [0.2, 0.25) is 0 Å². The van der Waals surface area contributed by atoms with Crippen LogP contribution in [0.4, 0.5) is 0 Å². The maximum atomic E-state index is 13.3. The molecule has 1 saturated carbocycles. The Balaban J connectivity index is 1.63. The average Bonchev–Trinajstić information content (AvgIpc) is 3.32. The second-order valence-electron chi connectivity index (χ2n) is 8.72. The first-order chi connectivity index (χ1) is 14.1. The lowest BCUT2D eigenvalue weighted by Gasteiger charge is -2.25.